The number of hydrogen-bond acceptors (Lipinski definition) is 1. The molecule has 98 valence electrons. The lowest BCUT2D eigenvalue weighted by atomic mass is 10.1. The highest BCUT2D eigenvalue weighted by Crippen LogP contribution is 2.27. The normalized spacial score (nSPS) is 10.7. The van der Waals surface area contributed by atoms with E-state index in [0.717, 1.165) is 11.3 Å². The van der Waals surface area contributed by atoms with E-state index >= 15 is 0 Å². The zero-order chi connectivity index (χ0) is 13.8. The van der Waals surface area contributed by atoms with E-state index in [1.807, 2.05) is 6.07 Å². The summed E-state index contributed by atoms with van der Waals surface area (Å²) in [5.41, 5.74) is 3.22. The molecular weight excluding hydrogens is 239 g/mol. The van der Waals surface area contributed by atoms with Gasteiger partial charge in [0.25, 0.3) is 0 Å². The third-order valence-electron chi connectivity index (χ3n) is 3.19. The molecule has 0 aliphatic rings. The summed E-state index contributed by atoms with van der Waals surface area (Å²) in [5, 5.41) is 8.78. The summed E-state index contributed by atoms with van der Waals surface area (Å²) in [6, 6.07) is 12.8. The number of hydrogen-bond donors (Lipinski definition) is 0. The van der Waals surface area contributed by atoms with Gasteiger partial charge < -0.3 is 4.57 Å². The zero-order valence-corrected chi connectivity index (χ0v) is 11.2. The quantitative estimate of drug-likeness (QED) is 0.800. The van der Waals surface area contributed by atoms with E-state index in [2.05, 4.69) is 30.6 Å². The van der Waals surface area contributed by atoms with Gasteiger partial charge in [0, 0.05) is 17.9 Å². The van der Waals surface area contributed by atoms with Gasteiger partial charge in [0.1, 0.15) is 5.82 Å². The molecule has 0 saturated heterocycles. The van der Waals surface area contributed by atoms with E-state index in [4.69, 9.17) is 5.26 Å². The molecule has 0 radical (unpaired) electrons. The van der Waals surface area contributed by atoms with Crippen LogP contribution in [0.4, 0.5) is 4.39 Å². The average molecular weight is 256 g/mol. The summed E-state index contributed by atoms with van der Waals surface area (Å²) in [7, 11) is 0. The second kappa shape index (κ2) is 5.71. The van der Waals surface area contributed by atoms with Crippen LogP contribution in [0.15, 0.2) is 36.4 Å². The number of halogens is 1. The summed E-state index contributed by atoms with van der Waals surface area (Å²) in [6.45, 7) is 4.93. The molecule has 0 atom stereocenters. The lowest BCUT2D eigenvalue weighted by Gasteiger charge is -2.14. The molecule has 0 fully saturated rings. The van der Waals surface area contributed by atoms with Gasteiger partial charge in [0.2, 0.25) is 0 Å². The van der Waals surface area contributed by atoms with Gasteiger partial charge >= 0.3 is 0 Å². The smallest absolute Gasteiger partial charge is 0.123 e. The van der Waals surface area contributed by atoms with Gasteiger partial charge in [-0.1, -0.05) is 13.8 Å². The largest absolute Gasteiger partial charge is 0.343 e. The summed E-state index contributed by atoms with van der Waals surface area (Å²) in [6.07, 6.45) is 0.475. The second-order valence-electron chi connectivity index (χ2n) is 4.86. The molecule has 1 aromatic heterocycles. The first-order valence-electron chi connectivity index (χ1n) is 6.46. The predicted molar refractivity (Wildman–Crippen MR) is 74.1 cm³/mol. The minimum absolute atomic E-state index is 0.233. The predicted octanol–water partition coefficient (Wildman–Crippen LogP) is 4.33. The fraction of sp³-hybridized carbons (Fsp3) is 0.312. The van der Waals surface area contributed by atoms with Crippen molar-refractivity contribution in [2.75, 3.05) is 0 Å². The lowest BCUT2D eigenvalue weighted by molar-refractivity contribution is 0.627. The summed E-state index contributed by atoms with van der Waals surface area (Å²) in [4.78, 5) is 0. The van der Waals surface area contributed by atoms with Crippen molar-refractivity contribution in [3.63, 3.8) is 0 Å². The number of nitriles is 1. The van der Waals surface area contributed by atoms with Crippen molar-refractivity contribution in [2.24, 2.45) is 0 Å². The van der Waals surface area contributed by atoms with Crippen LogP contribution in [0.3, 0.4) is 0 Å². The average Bonchev–Trinajstić information content (AvgIpc) is 2.81. The van der Waals surface area contributed by atoms with Crippen LogP contribution in [0.1, 0.15) is 31.9 Å². The van der Waals surface area contributed by atoms with Crippen molar-refractivity contribution in [1.82, 2.24) is 4.57 Å². The minimum atomic E-state index is -0.233. The highest BCUT2D eigenvalue weighted by atomic mass is 19.1. The Kier molecular flexibility index (Phi) is 4.01. The van der Waals surface area contributed by atoms with Crippen molar-refractivity contribution in [2.45, 2.75) is 32.7 Å². The number of rotatable bonds is 4. The van der Waals surface area contributed by atoms with Crippen LogP contribution in [-0.2, 0) is 6.54 Å². The number of benzene rings is 1. The fourth-order valence-corrected chi connectivity index (χ4v) is 2.27. The minimum Gasteiger partial charge on any atom is -0.343 e. The molecule has 0 amide bonds. The van der Waals surface area contributed by atoms with Crippen LogP contribution in [0, 0.1) is 17.1 Å². The van der Waals surface area contributed by atoms with Crippen LogP contribution in [0.25, 0.3) is 11.3 Å². The third-order valence-corrected chi connectivity index (χ3v) is 3.19. The molecule has 0 aliphatic heterocycles. The zero-order valence-electron chi connectivity index (χ0n) is 11.2. The van der Waals surface area contributed by atoms with Crippen molar-refractivity contribution in [1.29, 1.82) is 5.26 Å². The Bertz CT molecular complexity index is 588. The van der Waals surface area contributed by atoms with Gasteiger partial charge in [-0.3, -0.25) is 0 Å². The van der Waals surface area contributed by atoms with E-state index in [-0.39, 0.29) is 5.82 Å². The van der Waals surface area contributed by atoms with E-state index in [1.54, 1.807) is 12.1 Å². The maximum absolute atomic E-state index is 13.0. The molecule has 2 nitrogen and oxygen atoms in total. The summed E-state index contributed by atoms with van der Waals surface area (Å²) >= 11 is 0. The van der Waals surface area contributed by atoms with Gasteiger partial charge in [0.15, 0.2) is 0 Å². The van der Waals surface area contributed by atoms with Crippen LogP contribution in [0.2, 0.25) is 0 Å². The lowest BCUT2D eigenvalue weighted by Crippen LogP contribution is -2.05. The Hall–Kier alpha value is -2.08. The Morgan fingerprint density at radius 1 is 1.16 bits per heavy atom. The monoisotopic (exact) mass is 256 g/mol. The first-order valence-corrected chi connectivity index (χ1v) is 6.46. The topological polar surface area (TPSA) is 28.7 Å². The number of nitrogens with zero attached hydrogens (tertiary/aromatic N) is 2. The Morgan fingerprint density at radius 2 is 1.84 bits per heavy atom. The van der Waals surface area contributed by atoms with E-state index in [0.29, 0.717) is 18.9 Å². The summed E-state index contributed by atoms with van der Waals surface area (Å²) < 4.78 is 15.1. The molecule has 0 spiro atoms. The SMILES string of the molecule is CC(C)c1ccc(-c2ccc(F)cc2)n1CCC#N. The van der Waals surface area contributed by atoms with Crippen LogP contribution >= 0.6 is 0 Å². The molecule has 0 saturated carbocycles. The van der Waals surface area contributed by atoms with Gasteiger partial charge in [0.05, 0.1) is 12.5 Å². The molecule has 0 aliphatic carbocycles. The van der Waals surface area contributed by atoms with Crippen molar-refractivity contribution in [3.05, 3.63) is 47.9 Å². The maximum Gasteiger partial charge on any atom is 0.123 e. The molecule has 0 bridgehead atoms. The standard InChI is InChI=1S/C16H17FN2/c1-12(2)15-8-9-16(19(15)11-3-10-18)13-4-6-14(17)7-5-13/h4-9,12H,3,11H2,1-2H3. The van der Waals surface area contributed by atoms with Crippen LogP contribution < -0.4 is 0 Å². The highest BCUT2D eigenvalue weighted by molar-refractivity contribution is 5.61. The van der Waals surface area contributed by atoms with Crippen LogP contribution in [-0.4, -0.2) is 4.57 Å². The maximum atomic E-state index is 13.0. The molecule has 1 aromatic carbocycles. The van der Waals surface area contributed by atoms with Crippen molar-refractivity contribution in [3.8, 4) is 17.3 Å². The molecule has 2 rings (SSSR count). The molecular formula is C16H17FN2. The molecule has 2 aromatic rings. The first-order chi connectivity index (χ1) is 9.13. The van der Waals surface area contributed by atoms with Crippen LogP contribution in [0.5, 0.6) is 0 Å². The molecule has 0 unspecified atom stereocenters. The van der Waals surface area contributed by atoms with Gasteiger partial charge in [-0.25, -0.2) is 4.39 Å². The summed E-state index contributed by atoms with van der Waals surface area (Å²) in [5.74, 6) is 0.163. The Morgan fingerprint density at radius 3 is 2.42 bits per heavy atom. The van der Waals surface area contributed by atoms with Gasteiger partial charge in [-0.2, -0.15) is 5.26 Å². The first kappa shape index (κ1) is 13.4. The van der Waals surface area contributed by atoms with Crippen molar-refractivity contribution >= 4 is 0 Å². The Labute approximate surface area is 113 Å². The Balaban J connectivity index is 2.45. The third kappa shape index (κ3) is 2.85. The fourth-order valence-electron chi connectivity index (χ4n) is 2.27. The molecule has 19 heavy (non-hydrogen) atoms. The van der Waals surface area contributed by atoms with Gasteiger partial charge in [-0.05, 0) is 47.9 Å². The number of aromatic nitrogens is 1. The van der Waals surface area contributed by atoms with Gasteiger partial charge in [-0.15, -0.1) is 0 Å². The molecule has 0 N–H and O–H groups in total. The van der Waals surface area contributed by atoms with E-state index < -0.39 is 0 Å². The second-order valence-corrected chi connectivity index (χ2v) is 4.86. The molecule has 3 heteroatoms. The van der Waals surface area contributed by atoms with Crippen molar-refractivity contribution < 1.29 is 4.39 Å². The highest BCUT2D eigenvalue weighted by Gasteiger charge is 2.12. The van der Waals surface area contributed by atoms with E-state index in [9.17, 15) is 4.39 Å². The molecule has 1 heterocycles. The van der Waals surface area contributed by atoms with E-state index in [1.165, 1.54) is 17.8 Å².